The van der Waals surface area contributed by atoms with E-state index in [1.807, 2.05) is 24.3 Å². The van der Waals surface area contributed by atoms with Crippen molar-refractivity contribution in [3.63, 3.8) is 0 Å². The highest BCUT2D eigenvalue weighted by Gasteiger charge is 2.09. The molecule has 0 aliphatic rings. The van der Waals surface area contributed by atoms with Crippen LogP contribution in [0.4, 0.5) is 0 Å². The summed E-state index contributed by atoms with van der Waals surface area (Å²) in [5.41, 5.74) is 1.84. The summed E-state index contributed by atoms with van der Waals surface area (Å²) >= 11 is 0. The van der Waals surface area contributed by atoms with E-state index in [4.69, 9.17) is 9.47 Å². The number of rotatable bonds is 7. The molecule has 0 saturated carbocycles. The van der Waals surface area contributed by atoms with E-state index in [0.29, 0.717) is 35.0 Å². The van der Waals surface area contributed by atoms with Gasteiger partial charge in [-0.25, -0.2) is 4.98 Å². The number of carbonyl (C=O) groups excluding carboxylic acids is 1. The minimum Gasteiger partial charge on any atom is -0.545 e. The molecule has 0 spiro atoms. The zero-order valence-electron chi connectivity index (χ0n) is 14.2. The predicted octanol–water partition coefficient (Wildman–Crippen LogP) is 2.67. The number of methoxy groups -OCH3 is 1. The summed E-state index contributed by atoms with van der Waals surface area (Å²) in [6, 6.07) is 10.4. The molecule has 6 heteroatoms. The first-order chi connectivity index (χ1) is 12.6. The van der Waals surface area contributed by atoms with Crippen molar-refractivity contribution in [1.29, 1.82) is 0 Å². The van der Waals surface area contributed by atoms with Gasteiger partial charge in [0.2, 0.25) is 0 Å². The number of carbonyl (C=O) groups is 1. The number of hydrogen-bond donors (Lipinski definition) is 1. The molecule has 0 aliphatic carbocycles. The number of imidazole rings is 1. The molecule has 0 unspecified atom stereocenters. The molecule has 1 aromatic heterocycles. The van der Waals surface area contributed by atoms with Gasteiger partial charge in [0.25, 0.3) is 0 Å². The summed E-state index contributed by atoms with van der Waals surface area (Å²) < 4.78 is 11.0. The number of benzene rings is 2. The molecular weight excluding hydrogens is 332 g/mol. The summed E-state index contributed by atoms with van der Waals surface area (Å²) in [5.74, 6) is 0.465. The van der Waals surface area contributed by atoms with Gasteiger partial charge in [-0.3, -0.25) is 0 Å². The van der Waals surface area contributed by atoms with Crippen molar-refractivity contribution in [2.45, 2.75) is 0 Å². The third-order valence-corrected chi connectivity index (χ3v) is 3.75. The Labute approximate surface area is 150 Å². The van der Waals surface area contributed by atoms with Crippen LogP contribution < -0.4 is 14.6 Å². The first-order valence-electron chi connectivity index (χ1n) is 7.93. The summed E-state index contributed by atoms with van der Waals surface area (Å²) in [4.78, 5) is 18.6. The molecule has 132 valence electrons. The first kappa shape index (κ1) is 17.3. The van der Waals surface area contributed by atoms with Crippen molar-refractivity contribution in [2.24, 2.45) is 0 Å². The van der Waals surface area contributed by atoms with Gasteiger partial charge in [-0.05, 0) is 24.3 Å². The van der Waals surface area contributed by atoms with Crippen molar-refractivity contribution in [3.05, 3.63) is 66.0 Å². The molecule has 0 bridgehead atoms. The molecule has 26 heavy (non-hydrogen) atoms. The molecule has 0 fully saturated rings. The molecule has 1 heterocycles. The zero-order chi connectivity index (χ0) is 18.5. The minimum atomic E-state index is -1.26. The van der Waals surface area contributed by atoms with Gasteiger partial charge >= 0.3 is 0 Å². The SMILES string of the molecule is C=CCOc1c(/C=C/c2nc3c(C(=O)[O-])cccc3[nH]2)cccc1OC. The fourth-order valence-corrected chi connectivity index (χ4v) is 2.59. The average Bonchev–Trinajstić information content (AvgIpc) is 3.07. The molecule has 2 aromatic carbocycles. The Balaban J connectivity index is 1.97. The lowest BCUT2D eigenvalue weighted by molar-refractivity contribution is -0.254. The lowest BCUT2D eigenvalue weighted by Gasteiger charge is -2.11. The van der Waals surface area contributed by atoms with Gasteiger partial charge in [-0.1, -0.05) is 36.9 Å². The molecule has 0 amide bonds. The molecule has 0 saturated heterocycles. The highest BCUT2D eigenvalue weighted by atomic mass is 16.5. The van der Waals surface area contributed by atoms with Crippen molar-refractivity contribution in [3.8, 4) is 11.5 Å². The molecule has 3 rings (SSSR count). The standard InChI is InChI=1S/C20H18N2O4/c1-3-12-26-19-13(6-4-9-16(19)25-2)10-11-17-21-15-8-5-7-14(20(23)24)18(15)22-17/h3-11H,1,12H2,2H3,(H,21,22)(H,23,24)/p-1/b11-10+. The quantitative estimate of drug-likeness (QED) is 0.663. The molecular formula is C20H17N2O4-. The number of aromatic amines is 1. The van der Waals surface area contributed by atoms with E-state index >= 15 is 0 Å². The lowest BCUT2D eigenvalue weighted by Crippen LogP contribution is -2.22. The maximum atomic E-state index is 11.2. The third kappa shape index (κ3) is 3.44. The normalized spacial score (nSPS) is 11.0. The van der Waals surface area contributed by atoms with E-state index in [1.165, 1.54) is 6.07 Å². The molecule has 1 N–H and O–H groups in total. The number of nitrogens with zero attached hydrogens (tertiary/aromatic N) is 1. The van der Waals surface area contributed by atoms with Crippen LogP contribution in [0.2, 0.25) is 0 Å². The Morgan fingerprint density at radius 2 is 2.08 bits per heavy atom. The van der Waals surface area contributed by atoms with E-state index in [2.05, 4.69) is 16.5 Å². The van der Waals surface area contributed by atoms with Crippen LogP contribution in [0.1, 0.15) is 21.7 Å². The zero-order valence-corrected chi connectivity index (χ0v) is 14.2. The van der Waals surface area contributed by atoms with E-state index < -0.39 is 5.97 Å². The second kappa shape index (κ2) is 7.57. The number of aromatic carboxylic acids is 1. The highest BCUT2D eigenvalue weighted by Crippen LogP contribution is 2.32. The maximum absolute atomic E-state index is 11.2. The van der Waals surface area contributed by atoms with Crippen molar-refractivity contribution in [2.75, 3.05) is 13.7 Å². The summed E-state index contributed by atoms with van der Waals surface area (Å²) in [5, 5.41) is 11.2. The van der Waals surface area contributed by atoms with Crippen molar-refractivity contribution in [1.82, 2.24) is 9.97 Å². The van der Waals surface area contributed by atoms with Gasteiger partial charge in [0.15, 0.2) is 11.5 Å². The summed E-state index contributed by atoms with van der Waals surface area (Å²) in [6.45, 7) is 4.00. The minimum absolute atomic E-state index is 0.0507. The van der Waals surface area contributed by atoms with Crippen LogP contribution in [-0.4, -0.2) is 29.7 Å². The van der Waals surface area contributed by atoms with Crippen LogP contribution >= 0.6 is 0 Å². The monoisotopic (exact) mass is 349 g/mol. The largest absolute Gasteiger partial charge is 0.545 e. The van der Waals surface area contributed by atoms with E-state index in [0.717, 1.165) is 5.56 Å². The molecule has 0 radical (unpaired) electrons. The van der Waals surface area contributed by atoms with E-state index in [9.17, 15) is 9.90 Å². The van der Waals surface area contributed by atoms with Crippen LogP contribution in [0, 0.1) is 0 Å². The highest BCUT2D eigenvalue weighted by molar-refractivity contribution is 6.00. The second-order valence-corrected chi connectivity index (χ2v) is 5.42. The van der Waals surface area contributed by atoms with Crippen LogP contribution in [0.3, 0.4) is 0 Å². The number of carboxylic acid groups (broad SMARTS) is 1. The van der Waals surface area contributed by atoms with E-state index in [-0.39, 0.29) is 5.56 Å². The van der Waals surface area contributed by atoms with Crippen LogP contribution in [-0.2, 0) is 0 Å². The molecule has 6 nitrogen and oxygen atoms in total. The van der Waals surface area contributed by atoms with Gasteiger partial charge in [-0.15, -0.1) is 0 Å². The first-order valence-corrected chi connectivity index (χ1v) is 7.93. The number of para-hydroxylation sites is 2. The number of fused-ring (bicyclic) bond motifs is 1. The van der Waals surface area contributed by atoms with Crippen molar-refractivity contribution >= 4 is 29.2 Å². The van der Waals surface area contributed by atoms with Crippen LogP contribution in [0.15, 0.2) is 49.1 Å². The number of H-pyrrole nitrogens is 1. The Kier molecular flexibility index (Phi) is 5.03. The van der Waals surface area contributed by atoms with Gasteiger partial charge < -0.3 is 24.4 Å². The average molecular weight is 349 g/mol. The topological polar surface area (TPSA) is 87.3 Å². The van der Waals surface area contributed by atoms with Gasteiger partial charge in [0.05, 0.1) is 24.1 Å². The van der Waals surface area contributed by atoms with Crippen molar-refractivity contribution < 1.29 is 19.4 Å². The fraction of sp³-hybridized carbons (Fsp3) is 0.100. The fourth-order valence-electron chi connectivity index (χ4n) is 2.59. The van der Waals surface area contributed by atoms with Gasteiger partial charge in [0, 0.05) is 11.1 Å². The number of aromatic nitrogens is 2. The Morgan fingerprint density at radius 3 is 2.81 bits per heavy atom. The summed E-state index contributed by atoms with van der Waals surface area (Å²) in [6.07, 6.45) is 5.21. The molecule has 0 aliphatic heterocycles. The molecule has 3 aromatic rings. The van der Waals surface area contributed by atoms with Crippen LogP contribution in [0.25, 0.3) is 23.2 Å². The third-order valence-electron chi connectivity index (χ3n) is 3.75. The number of ether oxygens (including phenoxy) is 2. The smallest absolute Gasteiger partial charge is 0.168 e. The maximum Gasteiger partial charge on any atom is 0.168 e. The van der Waals surface area contributed by atoms with Gasteiger partial charge in [0.1, 0.15) is 12.4 Å². The van der Waals surface area contributed by atoms with Gasteiger partial charge in [-0.2, -0.15) is 0 Å². The summed E-state index contributed by atoms with van der Waals surface area (Å²) in [7, 11) is 1.57. The molecule has 0 atom stereocenters. The Morgan fingerprint density at radius 1 is 1.27 bits per heavy atom. The lowest BCUT2D eigenvalue weighted by atomic mass is 10.1. The van der Waals surface area contributed by atoms with E-state index in [1.54, 1.807) is 31.4 Å². The second-order valence-electron chi connectivity index (χ2n) is 5.42. The predicted molar refractivity (Wildman–Crippen MR) is 98.0 cm³/mol. The Bertz CT molecular complexity index is 989. The van der Waals surface area contributed by atoms with Crippen LogP contribution in [0.5, 0.6) is 11.5 Å². The Hall–Kier alpha value is -3.54. The number of carboxylic acids is 1. The number of nitrogens with one attached hydrogen (secondary N) is 1. The number of hydrogen-bond acceptors (Lipinski definition) is 5.